The largest absolute Gasteiger partial charge is 0.481 e. The van der Waals surface area contributed by atoms with Gasteiger partial charge in [-0.15, -0.1) is 0 Å². The molecule has 1 saturated heterocycles. The minimum atomic E-state index is -0.597. The Morgan fingerprint density at radius 1 is 1.10 bits per heavy atom. The van der Waals surface area contributed by atoms with Crippen LogP contribution in [0.4, 0.5) is 0 Å². The summed E-state index contributed by atoms with van der Waals surface area (Å²) in [4.78, 5) is 26.9. The highest BCUT2D eigenvalue weighted by atomic mass is 35.5. The molecule has 1 unspecified atom stereocenters. The van der Waals surface area contributed by atoms with E-state index >= 15 is 0 Å². The third kappa shape index (κ3) is 6.49. The monoisotopic (exact) mass is 428 g/mol. The van der Waals surface area contributed by atoms with Crippen molar-refractivity contribution in [2.24, 2.45) is 0 Å². The van der Waals surface area contributed by atoms with Crippen LogP contribution >= 0.6 is 11.6 Å². The molecule has 0 saturated carbocycles. The van der Waals surface area contributed by atoms with E-state index in [0.29, 0.717) is 30.3 Å². The molecule has 0 aromatic heterocycles. The maximum absolute atomic E-state index is 12.5. The molecule has 2 aromatic rings. The van der Waals surface area contributed by atoms with Crippen molar-refractivity contribution >= 4 is 23.4 Å². The topological polar surface area (TPSA) is 58.6 Å². The van der Waals surface area contributed by atoms with Crippen LogP contribution in [0.2, 0.25) is 5.02 Å². The lowest BCUT2D eigenvalue weighted by Gasteiger charge is -2.33. The Morgan fingerprint density at radius 3 is 2.37 bits per heavy atom. The van der Waals surface area contributed by atoms with Crippen molar-refractivity contribution < 1.29 is 14.3 Å². The normalized spacial score (nSPS) is 15.5. The number of rotatable bonds is 7. The molecule has 0 radical (unpaired) electrons. The second kappa shape index (κ2) is 10.5. The van der Waals surface area contributed by atoms with Gasteiger partial charge in [0.15, 0.2) is 6.10 Å². The minimum Gasteiger partial charge on any atom is -0.481 e. The van der Waals surface area contributed by atoms with Crippen molar-refractivity contribution in [1.29, 1.82) is 0 Å². The number of piperidine rings is 1. The van der Waals surface area contributed by atoms with Gasteiger partial charge >= 0.3 is 0 Å². The molecular formula is C24H29ClN2O3. The maximum Gasteiger partial charge on any atom is 0.260 e. The molecule has 2 amide bonds. The Labute approximate surface area is 183 Å². The number of ether oxygens (including phenoxy) is 1. The number of nitrogens with one attached hydrogen (secondary N) is 1. The summed E-state index contributed by atoms with van der Waals surface area (Å²) in [6.07, 6.45) is 2.20. The molecule has 1 atom stereocenters. The van der Waals surface area contributed by atoms with Crippen molar-refractivity contribution in [2.45, 2.75) is 51.7 Å². The first-order valence-corrected chi connectivity index (χ1v) is 10.8. The fourth-order valence-corrected chi connectivity index (χ4v) is 3.65. The maximum atomic E-state index is 12.5. The molecule has 0 aliphatic carbocycles. The van der Waals surface area contributed by atoms with E-state index in [0.717, 1.165) is 19.3 Å². The highest BCUT2D eigenvalue weighted by molar-refractivity contribution is 6.30. The molecule has 1 N–H and O–H groups in total. The highest BCUT2D eigenvalue weighted by Gasteiger charge is 2.25. The number of likely N-dealkylation sites (tertiary alicyclic amines) is 1. The Morgan fingerprint density at radius 2 is 1.73 bits per heavy atom. The van der Waals surface area contributed by atoms with Crippen LogP contribution in [-0.4, -0.2) is 41.9 Å². The van der Waals surface area contributed by atoms with Crippen LogP contribution in [0.25, 0.3) is 0 Å². The van der Waals surface area contributed by atoms with E-state index in [4.69, 9.17) is 16.3 Å². The van der Waals surface area contributed by atoms with Crippen LogP contribution < -0.4 is 10.1 Å². The predicted octanol–water partition coefficient (Wildman–Crippen LogP) is 4.16. The molecule has 3 rings (SSSR count). The van der Waals surface area contributed by atoms with Gasteiger partial charge in [0.05, 0.1) is 0 Å². The summed E-state index contributed by atoms with van der Waals surface area (Å²) in [5.41, 5.74) is 2.41. The van der Waals surface area contributed by atoms with Gasteiger partial charge in [-0.3, -0.25) is 9.59 Å². The lowest BCUT2D eigenvalue weighted by atomic mass is 10.0. The zero-order valence-corrected chi connectivity index (χ0v) is 18.3. The van der Waals surface area contributed by atoms with Crippen LogP contribution in [0.3, 0.4) is 0 Å². The molecule has 2 aromatic carbocycles. The summed E-state index contributed by atoms with van der Waals surface area (Å²) < 4.78 is 5.68. The van der Waals surface area contributed by atoms with E-state index in [2.05, 4.69) is 36.5 Å². The molecule has 1 fully saturated rings. The second-order valence-corrected chi connectivity index (χ2v) is 8.30. The fourth-order valence-electron chi connectivity index (χ4n) is 3.53. The third-order valence-electron chi connectivity index (χ3n) is 5.44. The molecule has 6 heteroatoms. The first kappa shape index (κ1) is 22.2. The number of hydrogen-bond donors (Lipinski definition) is 1. The Kier molecular flexibility index (Phi) is 7.75. The minimum absolute atomic E-state index is 0.0647. The van der Waals surface area contributed by atoms with Gasteiger partial charge in [0.25, 0.3) is 5.91 Å². The van der Waals surface area contributed by atoms with Crippen LogP contribution in [0.5, 0.6) is 5.75 Å². The number of amides is 2. The van der Waals surface area contributed by atoms with E-state index in [1.165, 1.54) is 11.1 Å². The van der Waals surface area contributed by atoms with Crippen LogP contribution in [0.15, 0.2) is 48.5 Å². The summed E-state index contributed by atoms with van der Waals surface area (Å²) >= 11 is 5.87. The third-order valence-corrected chi connectivity index (χ3v) is 5.69. The Balaban J connectivity index is 1.38. The summed E-state index contributed by atoms with van der Waals surface area (Å²) in [6, 6.07) is 15.3. The highest BCUT2D eigenvalue weighted by Crippen LogP contribution is 2.18. The molecule has 1 aliphatic rings. The van der Waals surface area contributed by atoms with Gasteiger partial charge in [-0.25, -0.2) is 0 Å². The molecule has 0 bridgehead atoms. The predicted molar refractivity (Wildman–Crippen MR) is 119 cm³/mol. The van der Waals surface area contributed by atoms with E-state index in [-0.39, 0.29) is 17.9 Å². The number of benzene rings is 2. The molecule has 1 heterocycles. The van der Waals surface area contributed by atoms with E-state index < -0.39 is 6.10 Å². The van der Waals surface area contributed by atoms with Crippen LogP contribution in [0.1, 0.15) is 37.3 Å². The number of carbonyl (C=O) groups is 2. The first-order valence-electron chi connectivity index (χ1n) is 10.5. The van der Waals surface area contributed by atoms with Crippen LogP contribution in [-0.2, 0) is 16.0 Å². The van der Waals surface area contributed by atoms with Gasteiger partial charge in [0.1, 0.15) is 5.75 Å². The molecule has 1 aliphatic heterocycles. The molecule has 160 valence electrons. The second-order valence-electron chi connectivity index (χ2n) is 7.86. The van der Waals surface area contributed by atoms with Crippen molar-refractivity contribution in [3.8, 4) is 5.75 Å². The van der Waals surface area contributed by atoms with Gasteiger partial charge in [-0.2, -0.15) is 0 Å². The molecule has 5 nitrogen and oxygen atoms in total. The average Bonchev–Trinajstić information content (AvgIpc) is 2.75. The lowest BCUT2D eigenvalue weighted by molar-refractivity contribution is -0.132. The number of aryl methyl sites for hydroxylation is 2. The van der Waals surface area contributed by atoms with Gasteiger partial charge in [0, 0.05) is 30.6 Å². The Bertz CT molecular complexity index is 844. The standard InChI is InChI=1S/C24H29ClN2O3/c1-17-3-5-19(6-4-17)7-12-23(28)27-15-13-21(14-16-27)26-24(29)18(2)30-22-10-8-20(25)9-11-22/h3-6,8-11,18,21H,7,12-16H2,1-2H3,(H,26,29). The zero-order valence-electron chi connectivity index (χ0n) is 17.6. The SMILES string of the molecule is Cc1ccc(CCC(=O)N2CCC(NC(=O)C(C)Oc3ccc(Cl)cc3)CC2)cc1. The van der Waals surface area contributed by atoms with Crippen molar-refractivity contribution in [1.82, 2.24) is 10.2 Å². The van der Waals surface area contributed by atoms with Crippen molar-refractivity contribution in [3.63, 3.8) is 0 Å². The zero-order chi connectivity index (χ0) is 21.5. The van der Waals surface area contributed by atoms with Crippen molar-refractivity contribution in [3.05, 3.63) is 64.7 Å². The molecular weight excluding hydrogens is 400 g/mol. The summed E-state index contributed by atoms with van der Waals surface area (Å²) in [6.45, 7) is 5.13. The van der Waals surface area contributed by atoms with Gasteiger partial charge in [-0.1, -0.05) is 41.4 Å². The first-order chi connectivity index (χ1) is 14.4. The van der Waals surface area contributed by atoms with Gasteiger partial charge in [0.2, 0.25) is 5.91 Å². The fraction of sp³-hybridized carbons (Fsp3) is 0.417. The molecule has 0 spiro atoms. The van der Waals surface area contributed by atoms with Gasteiger partial charge < -0.3 is 15.0 Å². The number of halogens is 1. The number of nitrogens with zero attached hydrogens (tertiary/aromatic N) is 1. The van der Waals surface area contributed by atoms with E-state index in [1.807, 2.05) is 4.90 Å². The van der Waals surface area contributed by atoms with E-state index in [1.54, 1.807) is 31.2 Å². The van der Waals surface area contributed by atoms with Gasteiger partial charge in [-0.05, 0) is 62.9 Å². The number of carbonyl (C=O) groups excluding carboxylic acids is 2. The lowest BCUT2D eigenvalue weighted by Crippen LogP contribution is -2.49. The average molecular weight is 429 g/mol. The Hall–Kier alpha value is -2.53. The summed E-state index contributed by atoms with van der Waals surface area (Å²) in [5.74, 6) is 0.643. The summed E-state index contributed by atoms with van der Waals surface area (Å²) in [5, 5.41) is 3.67. The van der Waals surface area contributed by atoms with Crippen molar-refractivity contribution in [2.75, 3.05) is 13.1 Å². The van der Waals surface area contributed by atoms with E-state index in [9.17, 15) is 9.59 Å². The quantitative estimate of drug-likeness (QED) is 0.720. The van der Waals surface area contributed by atoms with Crippen LogP contribution in [0, 0.1) is 6.92 Å². The summed E-state index contributed by atoms with van der Waals surface area (Å²) in [7, 11) is 0. The molecule has 30 heavy (non-hydrogen) atoms. The number of hydrogen-bond acceptors (Lipinski definition) is 3. The smallest absolute Gasteiger partial charge is 0.260 e.